The van der Waals surface area contributed by atoms with E-state index in [4.69, 9.17) is 4.42 Å². The van der Waals surface area contributed by atoms with Gasteiger partial charge in [-0.25, -0.2) is 4.79 Å². The number of carbonyl (C=O) groups excluding carboxylic acids is 2. The molecule has 1 fully saturated rings. The Morgan fingerprint density at radius 3 is 2.73 bits per heavy atom. The summed E-state index contributed by atoms with van der Waals surface area (Å²) in [4.78, 5) is 25.1. The van der Waals surface area contributed by atoms with Crippen molar-refractivity contribution in [3.05, 3.63) is 48.2 Å². The molecule has 6 heteroatoms. The zero-order chi connectivity index (χ0) is 15.4. The van der Waals surface area contributed by atoms with Crippen molar-refractivity contribution < 1.29 is 14.0 Å². The van der Waals surface area contributed by atoms with Crippen LogP contribution in [0, 0.1) is 0 Å². The summed E-state index contributed by atoms with van der Waals surface area (Å²) < 4.78 is 5.31. The van der Waals surface area contributed by atoms with Crippen molar-refractivity contribution in [2.45, 2.75) is 0 Å². The van der Waals surface area contributed by atoms with Crippen LogP contribution in [0.4, 0.5) is 4.79 Å². The second-order valence-corrected chi connectivity index (χ2v) is 5.03. The molecule has 0 unspecified atom stereocenters. The van der Waals surface area contributed by atoms with Crippen LogP contribution in [0.15, 0.2) is 47.1 Å². The van der Waals surface area contributed by atoms with Gasteiger partial charge in [-0.2, -0.15) is 0 Å². The van der Waals surface area contributed by atoms with Crippen LogP contribution < -0.4 is 10.6 Å². The summed E-state index contributed by atoms with van der Waals surface area (Å²) in [7, 11) is 0. The smallest absolute Gasteiger partial charge is 0.317 e. The molecule has 114 valence electrons. The molecule has 0 spiro atoms. The quantitative estimate of drug-likeness (QED) is 0.882. The van der Waals surface area contributed by atoms with Gasteiger partial charge < -0.3 is 20.0 Å². The molecule has 3 rings (SSSR count). The van der Waals surface area contributed by atoms with Crippen LogP contribution in [0.5, 0.6) is 0 Å². The van der Waals surface area contributed by atoms with Crippen molar-refractivity contribution in [1.29, 1.82) is 0 Å². The van der Waals surface area contributed by atoms with E-state index in [1.165, 1.54) is 0 Å². The molecule has 1 aliphatic rings. The molecule has 22 heavy (non-hydrogen) atoms. The first-order chi connectivity index (χ1) is 10.7. The molecule has 0 atom stereocenters. The second kappa shape index (κ2) is 6.34. The third-order valence-corrected chi connectivity index (χ3v) is 3.57. The van der Waals surface area contributed by atoms with Crippen LogP contribution in [0.3, 0.4) is 0 Å². The minimum atomic E-state index is -0.148. The number of hydrogen-bond acceptors (Lipinski definition) is 3. The molecule has 1 aliphatic heterocycles. The Kier molecular flexibility index (Phi) is 4.09. The Bertz CT molecular complexity index is 650. The van der Waals surface area contributed by atoms with Gasteiger partial charge in [0.15, 0.2) is 0 Å². The largest absolute Gasteiger partial charge is 0.464 e. The van der Waals surface area contributed by atoms with Crippen molar-refractivity contribution in [2.75, 3.05) is 26.2 Å². The van der Waals surface area contributed by atoms with Crippen molar-refractivity contribution >= 4 is 11.9 Å². The van der Waals surface area contributed by atoms with Gasteiger partial charge in [-0.05, 0) is 24.3 Å². The number of furan rings is 1. The van der Waals surface area contributed by atoms with Gasteiger partial charge in [0, 0.05) is 37.3 Å². The van der Waals surface area contributed by atoms with Gasteiger partial charge in [-0.1, -0.05) is 12.1 Å². The van der Waals surface area contributed by atoms with Gasteiger partial charge in [-0.3, -0.25) is 4.79 Å². The van der Waals surface area contributed by atoms with Crippen LogP contribution in [0.25, 0.3) is 11.3 Å². The average Bonchev–Trinajstić information content (AvgIpc) is 3.20. The highest BCUT2D eigenvalue weighted by atomic mass is 16.3. The maximum atomic E-state index is 12.0. The molecule has 0 radical (unpaired) electrons. The molecule has 2 heterocycles. The van der Waals surface area contributed by atoms with Gasteiger partial charge in [0.2, 0.25) is 0 Å². The fraction of sp³-hybridized carbons (Fsp3) is 0.250. The highest BCUT2D eigenvalue weighted by molar-refractivity contribution is 5.94. The second-order valence-electron chi connectivity index (χ2n) is 5.03. The molecule has 6 nitrogen and oxygen atoms in total. The molecular weight excluding hydrogens is 282 g/mol. The van der Waals surface area contributed by atoms with Crippen LogP contribution >= 0.6 is 0 Å². The van der Waals surface area contributed by atoms with E-state index >= 15 is 0 Å². The molecule has 2 aromatic rings. The SMILES string of the molecule is O=C(NCCN1CCNC1=O)c1ccc(-c2ccco2)cc1. The van der Waals surface area contributed by atoms with E-state index in [2.05, 4.69) is 10.6 Å². The van der Waals surface area contributed by atoms with E-state index in [-0.39, 0.29) is 11.9 Å². The summed E-state index contributed by atoms with van der Waals surface area (Å²) in [6.45, 7) is 2.31. The summed E-state index contributed by atoms with van der Waals surface area (Å²) in [6, 6.07) is 10.8. The number of carbonyl (C=O) groups is 2. The summed E-state index contributed by atoms with van der Waals surface area (Å²) >= 11 is 0. The van der Waals surface area contributed by atoms with Crippen molar-refractivity contribution in [1.82, 2.24) is 15.5 Å². The minimum Gasteiger partial charge on any atom is -0.464 e. The predicted molar refractivity (Wildman–Crippen MR) is 81.4 cm³/mol. The van der Waals surface area contributed by atoms with Crippen molar-refractivity contribution in [2.24, 2.45) is 0 Å². The molecule has 0 bridgehead atoms. The summed E-state index contributed by atoms with van der Waals surface area (Å²) in [5.74, 6) is 0.623. The van der Waals surface area contributed by atoms with Gasteiger partial charge in [0.05, 0.1) is 6.26 Å². The van der Waals surface area contributed by atoms with Crippen LogP contribution in [-0.2, 0) is 0 Å². The molecule has 1 aromatic carbocycles. The number of benzene rings is 1. The Morgan fingerprint density at radius 1 is 1.27 bits per heavy atom. The lowest BCUT2D eigenvalue weighted by Crippen LogP contribution is -2.36. The zero-order valence-corrected chi connectivity index (χ0v) is 12.0. The van der Waals surface area contributed by atoms with Crippen molar-refractivity contribution in [3.63, 3.8) is 0 Å². The molecule has 1 saturated heterocycles. The van der Waals surface area contributed by atoms with Crippen LogP contribution in [-0.4, -0.2) is 43.0 Å². The maximum absolute atomic E-state index is 12.0. The van der Waals surface area contributed by atoms with Gasteiger partial charge in [-0.15, -0.1) is 0 Å². The lowest BCUT2D eigenvalue weighted by Gasteiger charge is -2.14. The average molecular weight is 299 g/mol. The molecule has 0 saturated carbocycles. The monoisotopic (exact) mass is 299 g/mol. The molecule has 3 amide bonds. The zero-order valence-electron chi connectivity index (χ0n) is 12.0. The van der Waals surface area contributed by atoms with E-state index in [0.717, 1.165) is 11.3 Å². The van der Waals surface area contributed by atoms with Crippen LogP contribution in [0.2, 0.25) is 0 Å². The Balaban J connectivity index is 1.53. The lowest BCUT2D eigenvalue weighted by molar-refractivity contribution is 0.0950. The highest BCUT2D eigenvalue weighted by Gasteiger charge is 2.18. The minimum absolute atomic E-state index is 0.0722. The Morgan fingerprint density at radius 2 is 2.09 bits per heavy atom. The van der Waals surface area contributed by atoms with E-state index < -0.39 is 0 Å². The normalized spacial score (nSPS) is 14.0. The summed E-state index contributed by atoms with van der Waals surface area (Å²) in [6.07, 6.45) is 1.62. The first-order valence-electron chi connectivity index (χ1n) is 7.19. The predicted octanol–water partition coefficient (Wildman–Crippen LogP) is 1.70. The number of nitrogens with zero attached hydrogens (tertiary/aromatic N) is 1. The molecule has 2 N–H and O–H groups in total. The van der Waals surface area contributed by atoms with E-state index in [0.29, 0.717) is 31.7 Å². The number of hydrogen-bond donors (Lipinski definition) is 2. The fourth-order valence-corrected chi connectivity index (χ4v) is 2.36. The third-order valence-electron chi connectivity index (χ3n) is 3.57. The van der Waals surface area contributed by atoms with Crippen molar-refractivity contribution in [3.8, 4) is 11.3 Å². The highest BCUT2D eigenvalue weighted by Crippen LogP contribution is 2.19. The van der Waals surface area contributed by atoms with Gasteiger partial charge in [0.25, 0.3) is 5.91 Å². The number of amides is 3. The van der Waals surface area contributed by atoms with Crippen LogP contribution in [0.1, 0.15) is 10.4 Å². The molecule has 0 aliphatic carbocycles. The van der Waals surface area contributed by atoms with E-state index in [1.807, 2.05) is 24.3 Å². The molecular formula is C16H17N3O3. The lowest BCUT2D eigenvalue weighted by atomic mass is 10.1. The molecule has 1 aromatic heterocycles. The van der Waals surface area contributed by atoms with Gasteiger partial charge >= 0.3 is 6.03 Å². The third kappa shape index (κ3) is 3.11. The standard InChI is InChI=1S/C16H17N3O3/c20-15(17-7-9-19-10-8-18-16(19)21)13-5-3-12(4-6-13)14-2-1-11-22-14/h1-6,11H,7-10H2,(H,17,20)(H,18,21). The Labute approximate surface area is 128 Å². The maximum Gasteiger partial charge on any atom is 0.317 e. The summed E-state index contributed by atoms with van der Waals surface area (Å²) in [5.41, 5.74) is 1.51. The summed E-state index contributed by atoms with van der Waals surface area (Å²) in [5, 5.41) is 5.54. The number of nitrogens with one attached hydrogen (secondary N) is 2. The first kappa shape index (κ1) is 14.2. The van der Waals surface area contributed by atoms with E-state index in [1.54, 1.807) is 23.3 Å². The fourth-order valence-electron chi connectivity index (χ4n) is 2.36. The topological polar surface area (TPSA) is 74.6 Å². The number of urea groups is 1. The van der Waals surface area contributed by atoms with E-state index in [9.17, 15) is 9.59 Å². The first-order valence-corrected chi connectivity index (χ1v) is 7.19. The van der Waals surface area contributed by atoms with Gasteiger partial charge in [0.1, 0.15) is 5.76 Å². The number of rotatable bonds is 5. The Hall–Kier alpha value is -2.76.